The molecule has 3 aromatic heterocycles. The van der Waals surface area contributed by atoms with Crippen molar-refractivity contribution in [3.63, 3.8) is 0 Å². The van der Waals surface area contributed by atoms with E-state index in [9.17, 15) is 0 Å². The summed E-state index contributed by atoms with van der Waals surface area (Å²) in [6.45, 7) is 0. The van der Waals surface area contributed by atoms with Gasteiger partial charge in [-0.15, -0.1) is 11.3 Å². The molecule has 0 saturated heterocycles. The van der Waals surface area contributed by atoms with Crippen LogP contribution in [0.5, 0.6) is 0 Å². The van der Waals surface area contributed by atoms with Crippen molar-refractivity contribution in [1.82, 2.24) is 9.55 Å². The minimum atomic E-state index is 1.02. The van der Waals surface area contributed by atoms with Crippen LogP contribution in [0.2, 0.25) is 0 Å². The minimum Gasteiger partial charge on any atom is -0.301 e. The first-order chi connectivity index (χ1) is 25.8. The van der Waals surface area contributed by atoms with Crippen LogP contribution in [0.15, 0.2) is 182 Å². The molecule has 52 heavy (non-hydrogen) atoms. The number of thiophene rings is 1. The topological polar surface area (TPSA) is 17.8 Å². The predicted molar refractivity (Wildman–Crippen MR) is 223 cm³/mol. The maximum absolute atomic E-state index is 5.25. The Morgan fingerprint density at radius 3 is 1.48 bits per heavy atom. The standard InChI is InChI=1S/C49H30N2S/c1-3-15-31(16-4-1)43-35-19-7-9-21-37(35)44(38-22-10-8-20-36(38)43)32-27-29-34(30-28-32)51-42-26-14-12-24-40(42)46-45-39-23-11-13-25-41(39)50-47(48(45)52-49(46)51)33-17-5-2-6-18-33/h1-30H. The van der Waals surface area contributed by atoms with Gasteiger partial charge in [0.15, 0.2) is 0 Å². The fourth-order valence-electron chi connectivity index (χ4n) is 8.37. The molecule has 242 valence electrons. The number of hydrogen-bond donors (Lipinski definition) is 0. The molecule has 0 radical (unpaired) electrons. The van der Waals surface area contributed by atoms with E-state index in [1.54, 1.807) is 0 Å². The van der Waals surface area contributed by atoms with Gasteiger partial charge < -0.3 is 4.57 Å². The van der Waals surface area contributed by atoms with Gasteiger partial charge in [0.2, 0.25) is 0 Å². The molecular formula is C49H30N2S. The van der Waals surface area contributed by atoms with Crippen LogP contribution < -0.4 is 0 Å². The summed E-state index contributed by atoms with van der Waals surface area (Å²) < 4.78 is 3.68. The van der Waals surface area contributed by atoms with E-state index >= 15 is 0 Å². The first-order valence-electron chi connectivity index (χ1n) is 17.7. The van der Waals surface area contributed by atoms with Gasteiger partial charge >= 0.3 is 0 Å². The molecule has 8 aromatic carbocycles. The number of hydrogen-bond acceptors (Lipinski definition) is 2. The van der Waals surface area contributed by atoms with Crippen molar-refractivity contribution in [2.75, 3.05) is 0 Å². The van der Waals surface area contributed by atoms with E-state index < -0.39 is 0 Å². The second-order valence-electron chi connectivity index (χ2n) is 13.4. The number of rotatable bonds is 4. The third-order valence-electron chi connectivity index (χ3n) is 10.6. The van der Waals surface area contributed by atoms with Crippen molar-refractivity contribution >= 4 is 75.0 Å². The molecule has 0 saturated carbocycles. The third kappa shape index (κ3) is 4.27. The lowest BCUT2D eigenvalue weighted by Crippen LogP contribution is -1.94. The van der Waals surface area contributed by atoms with Crippen LogP contribution in [-0.4, -0.2) is 9.55 Å². The highest BCUT2D eigenvalue weighted by atomic mass is 32.1. The van der Waals surface area contributed by atoms with Crippen molar-refractivity contribution in [2.24, 2.45) is 0 Å². The van der Waals surface area contributed by atoms with Crippen LogP contribution >= 0.6 is 11.3 Å². The fourth-order valence-corrected chi connectivity index (χ4v) is 9.75. The summed E-state index contributed by atoms with van der Waals surface area (Å²) in [5, 5.41) is 10.1. The van der Waals surface area contributed by atoms with Gasteiger partial charge in [-0.3, -0.25) is 0 Å². The summed E-state index contributed by atoms with van der Waals surface area (Å²) in [5.41, 5.74) is 10.6. The normalized spacial score (nSPS) is 11.8. The molecule has 2 nitrogen and oxygen atoms in total. The molecule has 0 amide bonds. The fraction of sp³-hybridized carbons (Fsp3) is 0. The largest absolute Gasteiger partial charge is 0.301 e. The Bertz CT molecular complexity index is 3100. The second kappa shape index (κ2) is 11.5. The summed E-state index contributed by atoms with van der Waals surface area (Å²) in [4.78, 5) is 6.49. The molecule has 0 aliphatic rings. The first kappa shape index (κ1) is 29.2. The summed E-state index contributed by atoms with van der Waals surface area (Å²) in [7, 11) is 0. The van der Waals surface area contributed by atoms with Crippen LogP contribution in [0, 0.1) is 0 Å². The second-order valence-corrected chi connectivity index (χ2v) is 14.4. The van der Waals surface area contributed by atoms with Crippen LogP contribution in [0.3, 0.4) is 0 Å². The van der Waals surface area contributed by atoms with Gasteiger partial charge in [0, 0.05) is 32.8 Å². The van der Waals surface area contributed by atoms with E-state index in [2.05, 4.69) is 187 Å². The van der Waals surface area contributed by atoms with Gasteiger partial charge in [-0.2, -0.15) is 0 Å². The third-order valence-corrected chi connectivity index (χ3v) is 11.8. The number of benzene rings is 8. The summed E-state index contributed by atoms with van der Waals surface area (Å²) in [5.74, 6) is 0. The van der Waals surface area contributed by atoms with Gasteiger partial charge in [0.05, 0.1) is 21.4 Å². The number of fused-ring (bicyclic) bond motifs is 9. The van der Waals surface area contributed by atoms with E-state index in [0.717, 1.165) is 22.5 Å². The Hall–Kier alpha value is -6.55. The highest BCUT2D eigenvalue weighted by Crippen LogP contribution is 2.48. The van der Waals surface area contributed by atoms with Crippen molar-refractivity contribution in [3.05, 3.63) is 182 Å². The molecule has 0 unspecified atom stereocenters. The lowest BCUT2D eigenvalue weighted by molar-refractivity contribution is 1.19. The molecule has 0 bridgehead atoms. The van der Waals surface area contributed by atoms with Crippen molar-refractivity contribution < 1.29 is 0 Å². The average Bonchev–Trinajstić information content (AvgIpc) is 3.76. The summed E-state index contributed by atoms with van der Waals surface area (Å²) in [6, 6.07) is 65.8. The minimum absolute atomic E-state index is 1.02. The Balaban J connectivity index is 1.16. The predicted octanol–water partition coefficient (Wildman–Crippen LogP) is 13.9. The monoisotopic (exact) mass is 678 g/mol. The van der Waals surface area contributed by atoms with E-state index in [1.165, 1.54) is 80.4 Å². The zero-order chi connectivity index (χ0) is 34.2. The Labute approximate surface area is 304 Å². The molecular weight excluding hydrogens is 649 g/mol. The molecule has 3 heteroatoms. The van der Waals surface area contributed by atoms with E-state index in [0.29, 0.717) is 0 Å². The van der Waals surface area contributed by atoms with E-state index in [-0.39, 0.29) is 0 Å². The van der Waals surface area contributed by atoms with Crippen LogP contribution in [-0.2, 0) is 0 Å². The van der Waals surface area contributed by atoms with Gasteiger partial charge in [0.25, 0.3) is 0 Å². The van der Waals surface area contributed by atoms with Gasteiger partial charge in [-0.05, 0) is 68.1 Å². The number of pyridine rings is 1. The van der Waals surface area contributed by atoms with Crippen LogP contribution in [0.4, 0.5) is 0 Å². The lowest BCUT2D eigenvalue weighted by atomic mass is 9.86. The number of nitrogens with zero attached hydrogens (tertiary/aromatic N) is 2. The van der Waals surface area contributed by atoms with E-state index in [4.69, 9.17) is 4.98 Å². The Kier molecular flexibility index (Phi) is 6.46. The summed E-state index contributed by atoms with van der Waals surface area (Å²) >= 11 is 1.85. The Morgan fingerprint density at radius 1 is 0.385 bits per heavy atom. The quantitative estimate of drug-likeness (QED) is 0.169. The zero-order valence-electron chi connectivity index (χ0n) is 28.1. The molecule has 0 aliphatic heterocycles. The maximum Gasteiger partial charge on any atom is 0.109 e. The van der Waals surface area contributed by atoms with Gasteiger partial charge in [-0.1, -0.05) is 158 Å². The Morgan fingerprint density at radius 2 is 0.865 bits per heavy atom. The summed E-state index contributed by atoms with van der Waals surface area (Å²) in [6.07, 6.45) is 0. The van der Waals surface area contributed by atoms with Crippen molar-refractivity contribution in [1.29, 1.82) is 0 Å². The average molecular weight is 679 g/mol. The highest BCUT2D eigenvalue weighted by molar-refractivity contribution is 7.26. The van der Waals surface area contributed by atoms with Crippen LogP contribution in [0.25, 0.3) is 103 Å². The van der Waals surface area contributed by atoms with Crippen molar-refractivity contribution in [3.8, 4) is 39.2 Å². The lowest BCUT2D eigenvalue weighted by Gasteiger charge is -2.18. The van der Waals surface area contributed by atoms with Gasteiger partial charge in [-0.25, -0.2) is 4.98 Å². The smallest absolute Gasteiger partial charge is 0.109 e. The molecule has 0 atom stereocenters. The molecule has 3 heterocycles. The molecule has 11 rings (SSSR count). The van der Waals surface area contributed by atoms with Crippen LogP contribution in [0.1, 0.15) is 0 Å². The SMILES string of the molecule is c1ccc(-c2c3ccccc3c(-c3ccc(-n4c5ccccc5c5c6c(sc54)c(-c4ccccc4)nc4ccccc46)cc3)c3ccccc23)cc1. The zero-order valence-corrected chi connectivity index (χ0v) is 28.9. The highest BCUT2D eigenvalue weighted by Gasteiger charge is 2.23. The van der Waals surface area contributed by atoms with Gasteiger partial charge in [0.1, 0.15) is 4.83 Å². The molecule has 0 spiro atoms. The van der Waals surface area contributed by atoms with E-state index in [1.807, 2.05) is 11.3 Å². The van der Waals surface area contributed by atoms with Crippen molar-refractivity contribution in [2.45, 2.75) is 0 Å². The number of para-hydroxylation sites is 2. The maximum atomic E-state index is 5.25. The number of aromatic nitrogens is 2. The molecule has 0 N–H and O–H groups in total. The molecule has 0 aliphatic carbocycles. The molecule has 0 fully saturated rings. The molecule has 11 aromatic rings. The first-order valence-corrected chi connectivity index (χ1v) is 18.5.